The molecule has 9 heteroatoms. The van der Waals surface area contributed by atoms with Gasteiger partial charge in [-0.1, -0.05) is 11.3 Å². The summed E-state index contributed by atoms with van der Waals surface area (Å²) >= 11 is 3.83. The molecule has 21 heavy (non-hydrogen) atoms. The Morgan fingerprint density at radius 3 is 2.86 bits per heavy atom. The van der Waals surface area contributed by atoms with Crippen LogP contribution >= 0.6 is 33.9 Å². The number of imidazole rings is 1. The molecule has 1 spiro atoms. The predicted molar refractivity (Wildman–Crippen MR) is 88.8 cm³/mol. The van der Waals surface area contributed by atoms with Gasteiger partial charge >= 0.3 is 0 Å². The monoisotopic (exact) mass is 418 g/mol. The molecular weight excluding hydrogens is 403 g/mol. The number of nitrogens with one attached hydrogen (secondary N) is 2. The highest BCUT2D eigenvalue weighted by molar-refractivity contribution is 14.1. The van der Waals surface area contributed by atoms with Crippen LogP contribution in [0.15, 0.2) is 6.20 Å². The van der Waals surface area contributed by atoms with E-state index in [0.29, 0.717) is 0 Å². The summed E-state index contributed by atoms with van der Waals surface area (Å²) in [5.74, 6) is 0.150. The molecule has 0 aliphatic carbocycles. The van der Waals surface area contributed by atoms with Gasteiger partial charge in [-0.15, -0.1) is 5.10 Å². The minimum Gasteiger partial charge on any atom is -0.353 e. The molecule has 2 aromatic heterocycles. The molecule has 0 bridgehead atoms. The number of amides is 1. The van der Waals surface area contributed by atoms with Gasteiger partial charge in [0.2, 0.25) is 16.0 Å². The van der Waals surface area contributed by atoms with E-state index >= 15 is 0 Å². The summed E-state index contributed by atoms with van der Waals surface area (Å²) in [7, 11) is 0. The van der Waals surface area contributed by atoms with Gasteiger partial charge in [-0.3, -0.25) is 4.79 Å². The average molecular weight is 418 g/mol. The first kappa shape index (κ1) is 13.7. The number of rotatable bonds is 1. The Hall–Kier alpha value is -0.940. The molecule has 2 aliphatic heterocycles. The molecule has 112 valence electrons. The van der Waals surface area contributed by atoms with Crippen LogP contribution in [0.3, 0.4) is 0 Å². The first-order valence-corrected chi connectivity index (χ1v) is 8.86. The lowest BCUT2D eigenvalue weighted by atomic mass is 9.85. The molecule has 0 aromatic carbocycles. The van der Waals surface area contributed by atoms with E-state index in [1.165, 1.54) is 0 Å². The number of nitrogens with zero attached hydrogens (tertiary/aromatic N) is 4. The topological polar surface area (TPSA) is 74.6 Å². The van der Waals surface area contributed by atoms with Gasteiger partial charge in [0.05, 0.1) is 6.20 Å². The third-order valence-electron chi connectivity index (χ3n) is 4.23. The zero-order chi connectivity index (χ0) is 14.4. The van der Waals surface area contributed by atoms with Gasteiger partial charge < -0.3 is 15.5 Å². The first-order chi connectivity index (χ1) is 10.2. The second kappa shape index (κ2) is 5.06. The molecule has 2 N–H and O–H groups in total. The van der Waals surface area contributed by atoms with Crippen LogP contribution in [-0.2, 0) is 4.79 Å². The zero-order valence-electron chi connectivity index (χ0n) is 11.3. The average Bonchev–Trinajstić information content (AvgIpc) is 3.06. The van der Waals surface area contributed by atoms with E-state index in [4.69, 9.17) is 0 Å². The molecule has 7 nitrogen and oxygen atoms in total. The molecule has 0 unspecified atom stereocenters. The van der Waals surface area contributed by atoms with Crippen molar-refractivity contribution < 1.29 is 4.79 Å². The van der Waals surface area contributed by atoms with Gasteiger partial charge in [0.25, 0.3) is 0 Å². The second-order valence-electron chi connectivity index (χ2n) is 5.41. The van der Waals surface area contributed by atoms with Crippen LogP contribution in [0.25, 0.3) is 4.96 Å². The van der Waals surface area contributed by atoms with Gasteiger partial charge in [0.1, 0.15) is 9.24 Å². The van der Waals surface area contributed by atoms with Crippen molar-refractivity contribution in [1.29, 1.82) is 0 Å². The van der Waals surface area contributed by atoms with E-state index in [-0.39, 0.29) is 11.4 Å². The van der Waals surface area contributed by atoms with Crippen molar-refractivity contribution in [3.8, 4) is 0 Å². The number of carbonyl (C=O) groups excluding carboxylic acids is 1. The van der Waals surface area contributed by atoms with Crippen molar-refractivity contribution in [3.05, 3.63) is 9.90 Å². The van der Waals surface area contributed by atoms with E-state index in [1.54, 1.807) is 11.3 Å². The maximum absolute atomic E-state index is 12.1. The highest BCUT2D eigenvalue weighted by atomic mass is 127. The number of piperazine rings is 1. The van der Waals surface area contributed by atoms with Crippen molar-refractivity contribution in [2.45, 2.75) is 18.4 Å². The summed E-state index contributed by atoms with van der Waals surface area (Å²) in [6.07, 6.45) is 3.46. The van der Waals surface area contributed by atoms with Gasteiger partial charge in [-0.25, -0.2) is 4.98 Å². The fourth-order valence-electron chi connectivity index (χ4n) is 3.00. The Morgan fingerprint density at radius 1 is 1.33 bits per heavy atom. The third kappa shape index (κ3) is 2.21. The lowest BCUT2D eigenvalue weighted by Crippen LogP contribution is -2.66. The van der Waals surface area contributed by atoms with E-state index < -0.39 is 0 Å². The molecule has 2 aromatic rings. The quantitative estimate of drug-likeness (QED) is 0.659. The predicted octanol–water partition coefficient (Wildman–Crippen LogP) is 0.454. The SMILES string of the molecule is O=C1NCCNC12CCN(c1nn3c(I)cnc3s1)CC2. The molecule has 0 radical (unpaired) electrons. The van der Waals surface area contributed by atoms with E-state index in [9.17, 15) is 4.79 Å². The molecule has 2 aliphatic rings. The summed E-state index contributed by atoms with van der Waals surface area (Å²) in [5, 5.41) is 12.0. The minimum atomic E-state index is -0.374. The maximum Gasteiger partial charge on any atom is 0.240 e. The number of anilines is 1. The smallest absolute Gasteiger partial charge is 0.240 e. The van der Waals surface area contributed by atoms with Crippen LogP contribution in [0.1, 0.15) is 12.8 Å². The van der Waals surface area contributed by atoms with Crippen molar-refractivity contribution in [2.24, 2.45) is 0 Å². The first-order valence-electron chi connectivity index (χ1n) is 6.96. The number of hydrogen-bond acceptors (Lipinski definition) is 6. The number of hydrogen-bond donors (Lipinski definition) is 2. The van der Waals surface area contributed by atoms with Crippen molar-refractivity contribution in [3.63, 3.8) is 0 Å². The molecule has 2 saturated heterocycles. The third-order valence-corrected chi connectivity index (χ3v) is 5.95. The lowest BCUT2D eigenvalue weighted by Gasteiger charge is -2.43. The number of piperidine rings is 1. The number of halogens is 1. The highest BCUT2D eigenvalue weighted by Crippen LogP contribution is 2.30. The lowest BCUT2D eigenvalue weighted by molar-refractivity contribution is -0.130. The molecule has 1 amide bonds. The fraction of sp³-hybridized carbons (Fsp3) is 0.583. The Balaban J connectivity index is 1.53. The molecule has 0 atom stereocenters. The van der Waals surface area contributed by atoms with Gasteiger partial charge in [0, 0.05) is 26.2 Å². The van der Waals surface area contributed by atoms with Crippen molar-refractivity contribution >= 4 is 49.9 Å². The highest BCUT2D eigenvalue weighted by Gasteiger charge is 2.43. The van der Waals surface area contributed by atoms with Crippen LogP contribution in [0.2, 0.25) is 0 Å². The van der Waals surface area contributed by atoms with Gasteiger partial charge in [-0.05, 0) is 35.4 Å². The maximum atomic E-state index is 12.1. The Labute approximate surface area is 139 Å². The normalized spacial score (nSPS) is 22.0. The van der Waals surface area contributed by atoms with Gasteiger partial charge in [0.15, 0.2) is 0 Å². The van der Waals surface area contributed by atoms with Crippen LogP contribution in [-0.4, -0.2) is 52.2 Å². The van der Waals surface area contributed by atoms with Crippen LogP contribution in [0.4, 0.5) is 5.13 Å². The molecule has 0 saturated carbocycles. The number of aromatic nitrogens is 3. The van der Waals surface area contributed by atoms with Crippen molar-refractivity contribution in [1.82, 2.24) is 25.2 Å². The van der Waals surface area contributed by atoms with Gasteiger partial charge in [-0.2, -0.15) is 4.52 Å². The largest absolute Gasteiger partial charge is 0.353 e. The number of carbonyl (C=O) groups is 1. The molecule has 2 fully saturated rings. The standard InChI is InChI=1S/C12H15IN6OS/c13-8-7-15-10-19(8)17-11(21-10)18-5-1-12(2-6-18)9(20)14-3-4-16-12/h7,16H,1-6H2,(H,14,20). The Bertz CT molecular complexity index is 689. The van der Waals surface area contributed by atoms with Crippen LogP contribution in [0.5, 0.6) is 0 Å². The van der Waals surface area contributed by atoms with E-state index in [0.717, 1.165) is 52.8 Å². The van der Waals surface area contributed by atoms with E-state index in [2.05, 4.69) is 48.2 Å². The fourth-order valence-corrected chi connectivity index (χ4v) is 4.56. The van der Waals surface area contributed by atoms with Crippen LogP contribution < -0.4 is 15.5 Å². The summed E-state index contributed by atoms with van der Waals surface area (Å²) in [6.45, 7) is 3.27. The summed E-state index contributed by atoms with van der Waals surface area (Å²) < 4.78 is 2.89. The van der Waals surface area contributed by atoms with Crippen LogP contribution in [0, 0.1) is 3.70 Å². The summed E-state index contributed by atoms with van der Waals surface area (Å²) in [5.41, 5.74) is -0.374. The zero-order valence-corrected chi connectivity index (χ0v) is 14.3. The molecular formula is C12H15IN6OS. The minimum absolute atomic E-state index is 0.150. The van der Waals surface area contributed by atoms with E-state index in [1.807, 2.05) is 10.7 Å². The number of fused-ring (bicyclic) bond motifs is 1. The second-order valence-corrected chi connectivity index (χ2v) is 7.45. The Kier molecular flexibility index (Phi) is 3.30. The molecule has 4 rings (SSSR count). The van der Waals surface area contributed by atoms with Crippen molar-refractivity contribution in [2.75, 3.05) is 31.1 Å². The summed E-state index contributed by atoms with van der Waals surface area (Å²) in [6, 6.07) is 0. The Morgan fingerprint density at radius 2 is 2.14 bits per heavy atom. The summed E-state index contributed by atoms with van der Waals surface area (Å²) in [4.78, 5) is 19.6. The molecule has 4 heterocycles.